The Morgan fingerprint density at radius 3 is 2.47 bits per heavy atom. The molecule has 0 saturated carbocycles. The van der Waals surface area contributed by atoms with Gasteiger partial charge in [0.15, 0.2) is 5.78 Å². The molecule has 2 rings (SSSR count). The standard InChI is InChI=1S/C13H8BrF3OS/c1-7-9(4-5-19-7)12(18)8-2-3-11(14)10(6-8)13(15,16)17/h2-6H,1H3. The summed E-state index contributed by atoms with van der Waals surface area (Å²) >= 11 is 4.24. The van der Waals surface area contributed by atoms with E-state index in [1.807, 2.05) is 0 Å². The normalized spacial score (nSPS) is 11.6. The number of aryl methyl sites for hydroxylation is 1. The molecule has 0 bridgehead atoms. The number of hydrogen-bond donors (Lipinski definition) is 0. The van der Waals surface area contributed by atoms with Crippen LogP contribution in [0.5, 0.6) is 0 Å². The molecule has 0 atom stereocenters. The van der Waals surface area contributed by atoms with Gasteiger partial charge in [-0.15, -0.1) is 11.3 Å². The van der Waals surface area contributed by atoms with Gasteiger partial charge in [0, 0.05) is 20.5 Å². The summed E-state index contributed by atoms with van der Waals surface area (Å²) in [4.78, 5) is 12.9. The van der Waals surface area contributed by atoms with Crippen molar-refractivity contribution in [3.8, 4) is 0 Å². The zero-order chi connectivity index (χ0) is 14.2. The topological polar surface area (TPSA) is 17.1 Å². The minimum atomic E-state index is -4.49. The molecule has 0 saturated heterocycles. The fourth-order valence-electron chi connectivity index (χ4n) is 1.66. The third-order valence-electron chi connectivity index (χ3n) is 2.64. The van der Waals surface area contributed by atoms with Crippen LogP contribution in [0.25, 0.3) is 0 Å². The van der Waals surface area contributed by atoms with Crippen molar-refractivity contribution in [1.82, 2.24) is 0 Å². The fraction of sp³-hybridized carbons (Fsp3) is 0.154. The van der Waals surface area contributed by atoms with E-state index in [0.717, 1.165) is 10.9 Å². The Labute approximate surface area is 120 Å². The number of rotatable bonds is 2. The molecule has 6 heteroatoms. The third-order valence-corrected chi connectivity index (χ3v) is 4.17. The summed E-state index contributed by atoms with van der Waals surface area (Å²) < 4.78 is 38.3. The molecule has 0 unspecified atom stereocenters. The van der Waals surface area contributed by atoms with Crippen LogP contribution in [-0.4, -0.2) is 5.78 Å². The van der Waals surface area contributed by atoms with E-state index in [-0.39, 0.29) is 10.0 Å². The van der Waals surface area contributed by atoms with E-state index in [0.29, 0.717) is 5.56 Å². The van der Waals surface area contributed by atoms with Crippen LogP contribution in [-0.2, 0) is 6.18 Å². The first-order valence-corrected chi connectivity index (χ1v) is 6.93. The highest BCUT2D eigenvalue weighted by atomic mass is 79.9. The molecule has 1 aromatic carbocycles. The first kappa shape index (κ1) is 14.3. The Morgan fingerprint density at radius 2 is 1.95 bits per heavy atom. The van der Waals surface area contributed by atoms with Crippen LogP contribution in [0.2, 0.25) is 0 Å². The van der Waals surface area contributed by atoms with Crippen molar-refractivity contribution in [2.45, 2.75) is 13.1 Å². The van der Waals surface area contributed by atoms with Gasteiger partial charge in [-0.1, -0.05) is 15.9 Å². The van der Waals surface area contributed by atoms with Gasteiger partial charge in [-0.25, -0.2) is 0 Å². The number of alkyl halides is 3. The second-order valence-electron chi connectivity index (χ2n) is 3.91. The average Bonchev–Trinajstić information content (AvgIpc) is 2.73. The van der Waals surface area contributed by atoms with Crippen molar-refractivity contribution >= 4 is 33.0 Å². The van der Waals surface area contributed by atoms with Crippen molar-refractivity contribution in [3.05, 3.63) is 55.7 Å². The van der Waals surface area contributed by atoms with E-state index in [2.05, 4.69) is 15.9 Å². The fourth-order valence-corrected chi connectivity index (χ4v) is 2.83. The maximum atomic E-state index is 12.8. The first-order chi connectivity index (χ1) is 8.80. The minimum Gasteiger partial charge on any atom is -0.289 e. The number of hydrogen-bond acceptors (Lipinski definition) is 2. The van der Waals surface area contributed by atoms with E-state index >= 15 is 0 Å². The Bertz CT molecular complexity index is 631. The lowest BCUT2D eigenvalue weighted by Gasteiger charge is -2.10. The predicted octanol–water partition coefficient (Wildman–Crippen LogP) is 5.07. The van der Waals surface area contributed by atoms with E-state index < -0.39 is 17.5 Å². The molecule has 19 heavy (non-hydrogen) atoms. The molecule has 0 aliphatic heterocycles. The van der Waals surface area contributed by atoms with Gasteiger partial charge in [-0.3, -0.25) is 4.79 Å². The Hall–Kier alpha value is -1.14. The molecule has 0 fully saturated rings. The molecule has 100 valence electrons. The molecular formula is C13H8BrF3OS. The highest BCUT2D eigenvalue weighted by Gasteiger charge is 2.33. The third kappa shape index (κ3) is 2.90. The number of carbonyl (C=O) groups excluding carboxylic acids is 1. The highest BCUT2D eigenvalue weighted by Crippen LogP contribution is 2.35. The van der Waals surface area contributed by atoms with Crippen molar-refractivity contribution in [3.63, 3.8) is 0 Å². The molecule has 2 aromatic rings. The summed E-state index contributed by atoms with van der Waals surface area (Å²) in [6, 6.07) is 5.14. The Morgan fingerprint density at radius 1 is 1.26 bits per heavy atom. The van der Waals surface area contributed by atoms with E-state index in [4.69, 9.17) is 0 Å². The first-order valence-electron chi connectivity index (χ1n) is 5.26. The summed E-state index contributed by atoms with van der Waals surface area (Å²) in [5.74, 6) is -0.392. The van der Waals surface area contributed by atoms with E-state index in [1.54, 1.807) is 18.4 Å². The molecule has 0 amide bonds. The molecule has 1 aromatic heterocycles. The zero-order valence-corrected chi connectivity index (χ0v) is 12.1. The van der Waals surface area contributed by atoms with Crippen LogP contribution in [0.1, 0.15) is 26.4 Å². The summed E-state index contributed by atoms with van der Waals surface area (Å²) in [6.45, 7) is 1.77. The highest BCUT2D eigenvalue weighted by molar-refractivity contribution is 9.10. The van der Waals surface area contributed by atoms with Gasteiger partial charge in [0.2, 0.25) is 0 Å². The van der Waals surface area contributed by atoms with Crippen LogP contribution < -0.4 is 0 Å². The van der Waals surface area contributed by atoms with Crippen LogP contribution >= 0.6 is 27.3 Å². The quantitative estimate of drug-likeness (QED) is 0.692. The van der Waals surface area contributed by atoms with Gasteiger partial charge in [0.05, 0.1) is 5.56 Å². The summed E-state index contributed by atoms with van der Waals surface area (Å²) in [7, 11) is 0. The van der Waals surface area contributed by atoms with Gasteiger partial charge in [0.1, 0.15) is 0 Å². The predicted molar refractivity (Wildman–Crippen MR) is 71.6 cm³/mol. The van der Waals surface area contributed by atoms with Gasteiger partial charge in [0.25, 0.3) is 0 Å². The van der Waals surface area contributed by atoms with E-state index in [9.17, 15) is 18.0 Å². The van der Waals surface area contributed by atoms with Gasteiger partial charge < -0.3 is 0 Å². The largest absolute Gasteiger partial charge is 0.417 e. The smallest absolute Gasteiger partial charge is 0.289 e. The van der Waals surface area contributed by atoms with Crippen molar-refractivity contribution < 1.29 is 18.0 Å². The van der Waals surface area contributed by atoms with Crippen LogP contribution in [0.3, 0.4) is 0 Å². The summed E-state index contributed by atoms with van der Waals surface area (Å²) in [5.41, 5.74) is -0.358. The van der Waals surface area contributed by atoms with Crippen molar-refractivity contribution in [2.24, 2.45) is 0 Å². The molecule has 0 aliphatic carbocycles. The molecule has 0 spiro atoms. The lowest BCUT2D eigenvalue weighted by molar-refractivity contribution is -0.138. The lowest BCUT2D eigenvalue weighted by Crippen LogP contribution is -2.09. The van der Waals surface area contributed by atoms with Crippen molar-refractivity contribution in [1.29, 1.82) is 0 Å². The Balaban J connectivity index is 2.48. The molecule has 1 nitrogen and oxygen atoms in total. The number of ketones is 1. The van der Waals surface area contributed by atoms with Crippen LogP contribution in [0.4, 0.5) is 13.2 Å². The van der Waals surface area contributed by atoms with Gasteiger partial charge in [-0.05, 0) is 36.6 Å². The Kier molecular flexibility index (Phi) is 3.82. The minimum absolute atomic E-state index is 0.0389. The zero-order valence-electron chi connectivity index (χ0n) is 9.72. The second-order valence-corrected chi connectivity index (χ2v) is 5.89. The lowest BCUT2D eigenvalue weighted by atomic mass is 10.0. The van der Waals surface area contributed by atoms with Gasteiger partial charge >= 0.3 is 6.18 Å². The maximum absolute atomic E-state index is 12.8. The number of benzene rings is 1. The summed E-state index contributed by atoms with van der Waals surface area (Å²) in [6.07, 6.45) is -4.49. The molecule has 0 N–H and O–H groups in total. The average molecular weight is 349 g/mol. The number of carbonyl (C=O) groups is 1. The second kappa shape index (κ2) is 5.09. The maximum Gasteiger partial charge on any atom is 0.417 e. The van der Waals surface area contributed by atoms with Crippen LogP contribution in [0, 0.1) is 6.92 Å². The summed E-state index contributed by atoms with van der Waals surface area (Å²) in [5, 5.41) is 1.74. The SMILES string of the molecule is Cc1sccc1C(=O)c1ccc(Br)c(C(F)(F)F)c1. The molecular weight excluding hydrogens is 341 g/mol. The van der Waals surface area contributed by atoms with Gasteiger partial charge in [-0.2, -0.15) is 13.2 Å². The number of thiophene rings is 1. The van der Waals surface area contributed by atoms with Crippen LogP contribution in [0.15, 0.2) is 34.1 Å². The molecule has 0 radical (unpaired) electrons. The molecule has 1 heterocycles. The monoisotopic (exact) mass is 348 g/mol. The van der Waals surface area contributed by atoms with E-state index in [1.165, 1.54) is 23.5 Å². The molecule has 0 aliphatic rings. The number of halogens is 4. The van der Waals surface area contributed by atoms with Crippen molar-refractivity contribution in [2.75, 3.05) is 0 Å².